The highest BCUT2D eigenvalue weighted by atomic mass is 14.4. The largest absolute Gasteiger partial charge is 0.0851 e. The number of fused-ring (bicyclic) bond motifs is 4. The summed E-state index contributed by atoms with van der Waals surface area (Å²) in [4.78, 5) is 0. The predicted molar refractivity (Wildman–Crippen MR) is 134 cm³/mol. The molecule has 3 aromatic carbocycles. The van der Waals surface area contributed by atoms with Crippen LogP contribution in [0.5, 0.6) is 0 Å². The lowest BCUT2D eigenvalue weighted by atomic mass is 9.86. The molecule has 7 rings (SSSR count). The van der Waals surface area contributed by atoms with E-state index in [0.717, 1.165) is 35.5 Å². The zero-order valence-corrected chi connectivity index (χ0v) is 18.5. The molecular formula is C32H30. The van der Waals surface area contributed by atoms with Gasteiger partial charge in [-0.2, -0.15) is 0 Å². The Hall–Kier alpha value is -2.86. The van der Waals surface area contributed by atoms with Crippen molar-refractivity contribution in [1.82, 2.24) is 0 Å². The molecule has 32 heavy (non-hydrogen) atoms. The fourth-order valence-electron chi connectivity index (χ4n) is 7.03. The molecular weight excluding hydrogens is 384 g/mol. The van der Waals surface area contributed by atoms with Crippen LogP contribution in [0.4, 0.5) is 0 Å². The Bertz CT molecular complexity index is 1080. The summed E-state index contributed by atoms with van der Waals surface area (Å²) in [5, 5.41) is 0. The van der Waals surface area contributed by atoms with Crippen molar-refractivity contribution in [2.24, 2.45) is 23.7 Å². The average molecular weight is 415 g/mol. The molecule has 0 heterocycles. The third kappa shape index (κ3) is 3.12. The van der Waals surface area contributed by atoms with Gasteiger partial charge in [0.1, 0.15) is 0 Å². The van der Waals surface area contributed by atoms with Crippen LogP contribution in [0.25, 0.3) is 22.3 Å². The monoisotopic (exact) mass is 414 g/mol. The second-order valence-electron chi connectivity index (χ2n) is 10.6. The molecule has 0 saturated heterocycles. The minimum Gasteiger partial charge on any atom is -0.0851 e. The Morgan fingerprint density at radius 3 is 1.00 bits per heavy atom. The molecule has 0 aromatic heterocycles. The highest BCUT2D eigenvalue weighted by Crippen LogP contribution is 2.50. The van der Waals surface area contributed by atoms with Crippen LogP contribution in [-0.2, 0) is 0 Å². The Kier molecular flexibility index (Phi) is 4.29. The molecule has 6 atom stereocenters. The second kappa shape index (κ2) is 7.34. The van der Waals surface area contributed by atoms with Crippen LogP contribution in [0.2, 0.25) is 0 Å². The van der Waals surface area contributed by atoms with Gasteiger partial charge in [-0.1, -0.05) is 97.1 Å². The summed E-state index contributed by atoms with van der Waals surface area (Å²) < 4.78 is 0. The molecule has 2 fully saturated rings. The molecule has 3 aromatic rings. The maximum Gasteiger partial charge on any atom is -0.00932 e. The van der Waals surface area contributed by atoms with E-state index in [9.17, 15) is 0 Å². The second-order valence-corrected chi connectivity index (χ2v) is 10.6. The fourth-order valence-corrected chi connectivity index (χ4v) is 7.03. The SMILES string of the molecule is C1=CC2CC1CC2c1ccc(-c2ccc(-c3ccc(C4CC5C=CC4C5)cc3)cc2)cc1. The molecule has 2 saturated carbocycles. The minimum absolute atomic E-state index is 0.736. The van der Waals surface area contributed by atoms with Crippen molar-refractivity contribution in [2.75, 3.05) is 0 Å². The van der Waals surface area contributed by atoms with Gasteiger partial charge in [-0.05, 0) is 94.6 Å². The van der Waals surface area contributed by atoms with Crippen LogP contribution in [0.1, 0.15) is 48.6 Å². The molecule has 0 heteroatoms. The number of hydrogen-bond donors (Lipinski definition) is 0. The first-order valence-electron chi connectivity index (χ1n) is 12.5. The zero-order chi connectivity index (χ0) is 21.1. The average Bonchev–Trinajstić information content (AvgIpc) is 3.67. The first-order valence-corrected chi connectivity index (χ1v) is 12.5. The summed E-state index contributed by atoms with van der Waals surface area (Å²) in [6.45, 7) is 0. The Morgan fingerprint density at radius 1 is 0.375 bits per heavy atom. The lowest BCUT2D eigenvalue weighted by Crippen LogP contribution is -2.04. The van der Waals surface area contributed by atoms with Gasteiger partial charge in [0.25, 0.3) is 0 Å². The summed E-state index contributed by atoms with van der Waals surface area (Å²) in [6, 6.07) is 27.8. The molecule has 4 aliphatic carbocycles. The molecule has 0 nitrogen and oxygen atoms in total. The number of allylic oxidation sites excluding steroid dienone is 4. The maximum absolute atomic E-state index is 2.45. The van der Waals surface area contributed by atoms with E-state index in [-0.39, 0.29) is 0 Å². The van der Waals surface area contributed by atoms with Crippen molar-refractivity contribution in [2.45, 2.75) is 37.5 Å². The quantitative estimate of drug-likeness (QED) is 0.376. The van der Waals surface area contributed by atoms with Gasteiger partial charge < -0.3 is 0 Å². The molecule has 4 aliphatic rings. The number of benzene rings is 3. The van der Waals surface area contributed by atoms with E-state index in [1.165, 1.54) is 59.1 Å². The van der Waals surface area contributed by atoms with Crippen molar-refractivity contribution in [1.29, 1.82) is 0 Å². The summed E-state index contributed by atoms with van der Waals surface area (Å²) in [5.74, 6) is 4.68. The first-order chi connectivity index (χ1) is 15.8. The van der Waals surface area contributed by atoms with Gasteiger partial charge in [-0.25, -0.2) is 0 Å². The van der Waals surface area contributed by atoms with Crippen LogP contribution >= 0.6 is 0 Å². The van der Waals surface area contributed by atoms with E-state index in [0.29, 0.717) is 0 Å². The molecule has 0 N–H and O–H groups in total. The summed E-state index contributed by atoms with van der Waals surface area (Å²) in [6.07, 6.45) is 15.2. The van der Waals surface area contributed by atoms with Gasteiger partial charge in [-0.15, -0.1) is 0 Å². The lowest BCUT2D eigenvalue weighted by molar-refractivity contribution is 0.586. The summed E-state index contributed by atoms with van der Waals surface area (Å²) in [7, 11) is 0. The van der Waals surface area contributed by atoms with Gasteiger partial charge in [-0.3, -0.25) is 0 Å². The maximum atomic E-state index is 2.45. The smallest absolute Gasteiger partial charge is 0.00932 e. The third-order valence-corrected chi connectivity index (χ3v) is 8.79. The highest BCUT2D eigenvalue weighted by molar-refractivity contribution is 5.70. The van der Waals surface area contributed by atoms with Crippen LogP contribution in [0.3, 0.4) is 0 Å². The van der Waals surface area contributed by atoms with E-state index in [1.54, 1.807) is 0 Å². The van der Waals surface area contributed by atoms with E-state index < -0.39 is 0 Å². The van der Waals surface area contributed by atoms with Crippen molar-refractivity contribution in [3.63, 3.8) is 0 Å². The van der Waals surface area contributed by atoms with Crippen LogP contribution in [0.15, 0.2) is 97.1 Å². The van der Waals surface area contributed by atoms with E-state index >= 15 is 0 Å². The highest BCUT2D eigenvalue weighted by Gasteiger charge is 2.37. The Labute approximate surface area is 191 Å². The topological polar surface area (TPSA) is 0 Å². The number of hydrogen-bond acceptors (Lipinski definition) is 0. The van der Waals surface area contributed by atoms with Crippen LogP contribution < -0.4 is 0 Å². The standard InChI is InChI=1S/C32H30/c1-3-29-17-21(1)19-31(29)27-13-9-25(10-14-27)23-5-7-24(8-6-23)26-11-15-28(16-12-26)32-20-22-2-4-30(32)18-22/h1-16,21-22,29-32H,17-20H2. The third-order valence-electron chi connectivity index (χ3n) is 8.79. The van der Waals surface area contributed by atoms with E-state index in [1.807, 2.05) is 0 Å². The van der Waals surface area contributed by atoms with Gasteiger partial charge in [0, 0.05) is 0 Å². The fraction of sp³-hybridized carbons (Fsp3) is 0.312. The molecule has 0 aliphatic heterocycles. The Morgan fingerprint density at radius 2 is 0.719 bits per heavy atom. The van der Waals surface area contributed by atoms with Crippen LogP contribution in [0, 0.1) is 23.7 Å². The van der Waals surface area contributed by atoms with Gasteiger partial charge in [0.2, 0.25) is 0 Å². The molecule has 0 amide bonds. The Balaban J connectivity index is 1.07. The van der Waals surface area contributed by atoms with Crippen molar-refractivity contribution in [3.05, 3.63) is 108 Å². The lowest BCUT2D eigenvalue weighted by Gasteiger charge is -2.19. The predicted octanol–water partition coefficient (Wildman–Crippen LogP) is 8.38. The summed E-state index contributed by atoms with van der Waals surface area (Å²) in [5.41, 5.74) is 8.29. The summed E-state index contributed by atoms with van der Waals surface area (Å²) >= 11 is 0. The van der Waals surface area contributed by atoms with E-state index in [4.69, 9.17) is 0 Å². The molecule has 0 radical (unpaired) electrons. The van der Waals surface area contributed by atoms with Crippen molar-refractivity contribution in [3.8, 4) is 22.3 Å². The van der Waals surface area contributed by atoms with Crippen LogP contribution in [-0.4, -0.2) is 0 Å². The van der Waals surface area contributed by atoms with Crippen molar-refractivity contribution >= 4 is 0 Å². The zero-order valence-electron chi connectivity index (χ0n) is 18.5. The number of rotatable bonds is 4. The molecule has 158 valence electrons. The van der Waals surface area contributed by atoms with Gasteiger partial charge >= 0.3 is 0 Å². The van der Waals surface area contributed by atoms with Gasteiger partial charge in [0.05, 0.1) is 0 Å². The molecule has 4 bridgehead atoms. The minimum atomic E-state index is 0.736. The normalized spacial score (nSPS) is 31.6. The van der Waals surface area contributed by atoms with Gasteiger partial charge in [0.15, 0.2) is 0 Å². The molecule has 0 spiro atoms. The first kappa shape index (κ1) is 18.7. The van der Waals surface area contributed by atoms with E-state index in [2.05, 4.69) is 97.1 Å². The molecule has 6 unspecified atom stereocenters. The van der Waals surface area contributed by atoms with Crippen molar-refractivity contribution < 1.29 is 0 Å².